The van der Waals surface area contributed by atoms with Gasteiger partial charge >= 0.3 is 0 Å². The Bertz CT molecular complexity index is 228. The smallest absolute Gasteiger partial charge is 0.300 e. The predicted molar refractivity (Wildman–Crippen MR) is 89.1 cm³/mol. The van der Waals surface area contributed by atoms with E-state index in [1.165, 1.54) is 70.6 Å². The fourth-order valence-corrected chi connectivity index (χ4v) is 1.82. The van der Waals surface area contributed by atoms with Crippen molar-refractivity contribution in [3.05, 3.63) is 24.8 Å². The Labute approximate surface area is 126 Å². The molecule has 0 aromatic carbocycles. The fraction of sp³-hybridized carbons (Fsp3) is 0.722. The minimum absolute atomic E-state index is 0.833. The molecular weight excluding hydrogens is 248 g/mol. The van der Waals surface area contributed by atoms with Crippen molar-refractivity contribution in [2.24, 2.45) is 0 Å². The first-order valence-corrected chi connectivity index (χ1v) is 8.10. The summed E-state index contributed by atoms with van der Waals surface area (Å²) in [6.45, 7) is 7.08. The quantitative estimate of drug-likeness (QED) is 0.345. The number of unbranched alkanes of at least 4 members (excludes halogenated alkanes) is 9. The highest BCUT2D eigenvalue weighted by atomic mass is 16.4. The molecule has 0 aliphatic carbocycles. The lowest BCUT2D eigenvalue weighted by Gasteiger charge is -1.99. The van der Waals surface area contributed by atoms with Crippen molar-refractivity contribution in [1.29, 1.82) is 0 Å². The monoisotopic (exact) mass is 282 g/mol. The number of allylic oxidation sites excluding steroid dienone is 3. The summed E-state index contributed by atoms with van der Waals surface area (Å²) in [5.74, 6) is -0.833. The highest BCUT2D eigenvalue weighted by molar-refractivity contribution is 5.62. The largest absolute Gasteiger partial charge is 0.481 e. The number of hydrogen-bond donors (Lipinski definition) is 1. The van der Waals surface area contributed by atoms with Crippen LogP contribution in [0, 0.1) is 0 Å². The lowest BCUT2D eigenvalue weighted by molar-refractivity contribution is -0.134. The van der Waals surface area contributed by atoms with Gasteiger partial charge in [-0.3, -0.25) is 4.79 Å². The minimum Gasteiger partial charge on any atom is -0.481 e. The molecule has 2 heteroatoms. The second kappa shape index (κ2) is 20.3. The van der Waals surface area contributed by atoms with Gasteiger partial charge in [0.25, 0.3) is 5.97 Å². The zero-order valence-corrected chi connectivity index (χ0v) is 13.6. The molecule has 0 aromatic heterocycles. The highest BCUT2D eigenvalue weighted by Crippen LogP contribution is 2.09. The van der Waals surface area contributed by atoms with Crippen LogP contribution < -0.4 is 0 Å². The Balaban J connectivity index is 0. The van der Waals surface area contributed by atoms with E-state index in [4.69, 9.17) is 9.90 Å². The Kier molecular flexibility index (Phi) is 21.5. The SMILES string of the molecule is C=CCCCCCCCC/C=C\CCCC.CC(=O)O. The molecule has 1 N–H and O–H groups in total. The van der Waals surface area contributed by atoms with Gasteiger partial charge in [-0.1, -0.05) is 63.7 Å². The number of aliphatic carboxylic acids is 1. The first-order chi connectivity index (χ1) is 9.65. The maximum atomic E-state index is 9.00. The van der Waals surface area contributed by atoms with E-state index in [0.717, 1.165) is 6.92 Å². The molecule has 0 unspecified atom stereocenters. The van der Waals surface area contributed by atoms with Gasteiger partial charge in [0.05, 0.1) is 0 Å². The number of rotatable bonds is 12. The highest BCUT2D eigenvalue weighted by Gasteiger charge is 1.89. The van der Waals surface area contributed by atoms with Gasteiger partial charge in [-0.05, 0) is 32.1 Å². The van der Waals surface area contributed by atoms with Crippen LogP contribution in [0.5, 0.6) is 0 Å². The van der Waals surface area contributed by atoms with Gasteiger partial charge in [-0.25, -0.2) is 0 Å². The van der Waals surface area contributed by atoms with Crippen LogP contribution in [0.1, 0.15) is 84.5 Å². The average Bonchev–Trinajstić information content (AvgIpc) is 2.39. The molecular formula is C18H34O2. The van der Waals surface area contributed by atoms with Gasteiger partial charge in [0.2, 0.25) is 0 Å². The average molecular weight is 282 g/mol. The number of carbonyl (C=O) groups is 1. The van der Waals surface area contributed by atoms with Crippen LogP contribution in [0.2, 0.25) is 0 Å². The summed E-state index contributed by atoms with van der Waals surface area (Å²) in [4.78, 5) is 9.00. The third kappa shape index (κ3) is 30.2. The first-order valence-electron chi connectivity index (χ1n) is 8.10. The molecule has 0 rings (SSSR count). The lowest BCUT2D eigenvalue weighted by atomic mass is 10.1. The van der Waals surface area contributed by atoms with E-state index in [-0.39, 0.29) is 0 Å². The maximum absolute atomic E-state index is 9.00. The minimum atomic E-state index is -0.833. The summed E-state index contributed by atoms with van der Waals surface area (Å²) < 4.78 is 0. The molecule has 0 atom stereocenters. The van der Waals surface area contributed by atoms with E-state index < -0.39 is 5.97 Å². The van der Waals surface area contributed by atoms with Crippen molar-refractivity contribution in [3.8, 4) is 0 Å². The molecule has 0 radical (unpaired) electrons. The molecule has 0 aliphatic rings. The zero-order chi connectivity index (χ0) is 15.5. The predicted octanol–water partition coefficient (Wildman–Crippen LogP) is 6.13. The Morgan fingerprint density at radius 1 is 0.900 bits per heavy atom. The van der Waals surface area contributed by atoms with E-state index in [1.807, 2.05) is 6.08 Å². The van der Waals surface area contributed by atoms with Crippen molar-refractivity contribution in [3.63, 3.8) is 0 Å². The summed E-state index contributed by atoms with van der Waals surface area (Å²) in [6, 6.07) is 0. The Hall–Kier alpha value is -1.05. The standard InChI is InChI=1S/C16H30.C2H4O2/c1-3-5-7-9-11-13-15-16-14-12-10-8-6-4-2;1-2(3)4/h3,10,12H,1,4-9,11,13-16H2,2H3;1H3,(H,3,4)/b12-10-;. The van der Waals surface area contributed by atoms with Crippen molar-refractivity contribution in [1.82, 2.24) is 0 Å². The van der Waals surface area contributed by atoms with Crippen LogP contribution in [0.4, 0.5) is 0 Å². The van der Waals surface area contributed by atoms with E-state index in [0.29, 0.717) is 0 Å². The second-order valence-corrected chi connectivity index (χ2v) is 5.12. The molecule has 0 spiro atoms. The molecule has 0 heterocycles. The molecule has 0 amide bonds. The molecule has 0 bridgehead atoms. The normalized spacial score (nSPS) is 10.1. The van der Waals surface area contributed by atoms with Crippen LogP contribution in [-0.4, -0.2) is 11.1 Å². The summed E-state index contributed by atoms with van der Waals surface area (Å²) in [6.07, 6.45) is 21.5. The van der Waals surface area contributed by atoms with Crippen LogP contribution in [0.25, 0.3) is 0 Å². The van der Waals surface area contributed by atoms with Gasteiger partial charge in [-0.15, -0.1) is 6.58 Å². The third-order valence-electron chi connectivity index (χ3n) is 2.92. The molecule has 0 fully saturated rings. The van der Waals surface area contributed by atoms with Crippen molar-refractivity contribution in [2.45, 2.75) is 84.5 Å². The Morgan fingerprint density at radius 3 is 1.75 bits per heavy atom. The van der Waals surface area contributed by atoms with E-state index in [2.05, 4.69) is 25.7 Å². The molecule has 0 saturated carbocycles. The van der Waals surface area contributed by atoms with Crippen LogP contribution >= 0.6 is 0 Å². The van der Waals surface area contributed by atoms with E-state index in [9.17, 15) is 0 Å². The van der Waals surface area contributed by atoms with Gasteiger partial charge in [0.15, 0.2) is 0 Å². The molecule has 0 saturated heterocycles. The van der Waals surface area contributed by atoms with Crippen LogP contribution in [-0.2, 0) is 4.79 Å². The molecule has 0 aromatic rings. The van der Waals surface area contributed by atoms with Crippen LogP contribution in [0.15, 0.2) is 24.8 Å². The summed E-state index contributed by atoms with van der Waals surface area (Å²) in [5, 5.41) is 7.42. The topological polar surface area (TPSA) is 37.3 Å². The number of hydrogen-bond acceptors (Lipinski definition) is 1. The molecule has 0 aliphatic heterocycles. The molecule has 2 nitrogen and oxygen atoms in total. The second-order valence-electron chi connectivity index (χ2n) is 5.12. The van der Waals surface area contributed by atoms with E-state index in [1.54, 1.807) is 0 Å². The van der Waals surface area contributed by atoms with Gasteiger partial charge in [0, 0.05) is 6.92 Å². The van der Waals surface area contributed by atoms with Gasteiger partial charge in [0.1, 0.15) is 0 Å². The molecule has 118 valence electrons. The van der Waals surface area contributed by atoms with Crippen molar-refractivity contribution >= 4 is 5.97 Å². The van der Waals surface area contributed by atoms with Gasteiger partial charge in [-0.2, -0.15) is 0 Å². The van der Waals surface area contributed by atoms with Crippen LogP contribution in [0.3, 0.4) is 0 Å². The number of carboxylic acid groups (broad SMARTS) is 1. The fourth-order valence-electron chi connectivity index (χ4n) is 1.82. The summed E-state index contributed by atoms with van der Waals surface area (Å²) in [5.41, 5.74) is 0. The lowest BCUT2D eigenvalue weighted by Crippen LogP contribution is -1.79. The maximum Gasteiger partial charge on any atom is 0.300 e. The van der Waals surface area contributed by atoms with Crippen molar-refractivity contribution < 1.29 is 9.90 Å². The third-order valence-corrected chi connectivity index (χ3v) is 2.92. The van der Waals surface area contributed by atoms with E-state index >= 15 is 0 Å². The van der Waals surface area contributed by atoms with Gasteiger partial charge < -0.3 is 5.11 Å². The first kappa shape index (κ1) is 21.3. The number of carboxylic acids is 1. The Morgan fingerprint density at radius 2 is 1.30 bits per heavy atom. The zero-order valence-electron chi connectivity index (χ0n) is 13.6. The summed E-state index contributed by atoms with van der Waals surface area (Å²) in [7, 11) is 0. The summed E-state index contributed by atoms with van der Waals surface area (Å²) >= 11 is 0. The molecule has 20 heavy (non-hydrogen) atoms. The van der Waals surface area contributed by atoms with Crippen molar-refractivity contribution in [2.75, 3.05) is 0 Å².